The molecule has 0 spiro atoms. The van der Waals surface area contributed by atoms with Crippen LogP contribution in [0.2, 0.25) is 5.15 Å². The topological polar surface area (TPSA) is 25.8 Å². The maximum atomic E-state index is 13.3. The fourth-order valence-corrected chi connectivity index (χ4v) is 1.35. The lowest BCUT2D eigenvalue weighted by Crippen LogP contribution is -1.93. The second-order valence-corrected chi connectivity index (χ2v) is 3.36. The summed E-state index contributed by atoms with van der Waals surface area (Å²) in [5.41, 5.74) is -0.0698. The van der Waals surface area contributed by atoms with Gasteiger partial charge in [0.05, 0.1) is 5.69 Å². The van der Waals surface area contributed by atoms with E-state index in [0.29, 0.717) is 6.07 Å². The molecule has 0 aliphatic carbocycles. The molecular formula is C10H4ClF3N2. The number of hydrogen-bond donors (Lipinski definition) is 0. The average molecular weight is 245 g/mol. The van der Waals surface area contributed by atoms with Gasteiger partial charge in [0.2, 0.25) is 0 Å². The summed E-state index contributed by atoms with van der Waals surface area (Å²) in [4.78, 5) is 7.32. The van der Waals surface area contributed by atoms with Crippen molar-refractivity contribution in [1.29, 1.82) is 0 Å². The van der Waals surface area contributed by atoms with Gasteiger partial charge in [-0.15, -0.1) is 0 Å². The maximum absolute atomic E-state index is 13.3. The van der Waals surface area contributed by atoms with Crippen molar-refractivity contribution in [2.45, 2.75) is 0 Å². The quantitative estimate of drug-likeness (QED) is 0.569. The van der Waals surface area contributed by atoms with E-state index in [9.17, 15) is 13.2 Å². The number of aromatic nitrogens is 2. The molecule has 82 valence electrons. The highest BCUT2D eigenvalue weighted by Crippen LogP contribution is 2.24. The molecule has 0 radical (unpaired) electrons. The lowest BCUT2D eigenvalue weighted by atomic mass is 10.1. The zero-order chi connectivity index (χ0) is 11.7. The molecule has 0 atom stereocenters. The third-order valence-corrected chi connectivity index (χ3v) is 2.13. The summed E-state index contributed by atoms with van der Waals surface area (Å²) in [7, 11) is 0. The summed E-state index contributed by atoms with van der Waals surface area (Å²) in [6, 6.07) is 2.45. The normalized spacial score (nSPS) is 10.5. The van der Waals surface area contributed by atoms with Crippen LogP contribution in [0.1, 0.15) is 0 Å². The number of benzene rings is 1. The Morgan fingerprint density at radius 2 is 1.56 bits per heavy atom. The third-order valence-electron chi connectivity index (χ3n) is 1.92. The molecular weight excluding hydrogens is 241 g/mol. The molecule has 0 amide bonds. The van der Waals surface area contributed by atoms with Crippen molar-refractivity contribution in [2.75, 3.05) is 0 Å². The van der Waals surface area contributed by atoms with Gasteiger partial charge in [-0.1, -0.05) is 11.6 Å². The van der Waals surface area contributed by atoms with E-state index in [1.165, 1.54) is 6.07 Å². The molecule has 6 heteroatoms. The first-order valence-corrected chi connectivity index (χ1v) is 4.58. The Hall–Kier alpha value is -1.62. The van der Waals surface area contributed by atoms with Gasteiger partial charge in [-0.05, 0) is 6.07 Å². The summed E-state index contributed by atoms with van der Waals surface area (Å²) in [6.45, 7) is 0. The van der Waals surface area contributed by atoms with Crippen molar-refractivity contribution in [3.63, 3.8) is 0 Å². The smallest absolute Gasteiger partial charge is 0.161 e. The number of rotatable bonds is 1. The van der Waals surface area contributed by atoms with Gasteiger partial charge in [-0.2, -0.15) is 0 Å². The summed E-state index contributed by atoms with van der Waals surface area (Å²) in [5, 5.41) is 0.0918. The van der Waals surface area contributed by atoms with Gasteiger partial charge in [-0.25, -0.2) is 23.1 Å². The number of nitrogens with zero attached hydrogens (tertiary/aromatic N) is 2. The molecule has 0 aliphatic heterocycles. The zero-order valence-electron chi connectivity index (χ0n) is 7.72. The summed E-state index contributed by atoms with van der Waals surface area (Å²) in [6.07, 6.45) is 1.11. The van der Waals surface area contributed by atoms with E-state index in [1.807, 2.05) is 0 Å². The van der Waals surface area contributed by atoms with Crippen molar-refractivity contribution >= 4 is 11.6 Å². The zero-order valence-corrected chi connectivity index (χ0v) is 8.47. The molecule has 0 fully saturated rings. The Bertz CT molecular complexity index is 546. The maximum Gasteiger partial charge on any atom is 0.161 e. The molecule has 0 aliphatic rings. The van der Waals surface area contributed by atoms with Crippen LogP contribution in [-0.4, -0.2) is 9.97 Å². The first kappa shape index (κ1) is 10.9. The number of halogens is 4. The highest BCUT2D eigenvalue weighted by molar-refractivity contribution is 6.29. The highest BCUT2D eigenvalue weighted by atomic mass is 35.5. The summed E-state index contributed by atoms with van der Waals surface area (Å²) < 4.78 is 38.9. The second-order valence-electron chi connectivity index (χ2n) is 2.97. The lowest BCUT2D eigenvalue weighted by molar-refractivity contribution is 0.496. The van der Waals surface area contributed by atoms with E-state index in [-0.39, 0.29) is 16.4 Å². The van der Waals surface area contributed by atoms with Crippen LogP contribution in [0.4, 0.5) is 13.2 Å². The molecule has 0 saturated carbocycles. The van der Waals surface area contributed by atoms with Gasteiger partial charge in [0.1, 0.15) is 17.3 Å². The van der Waals surface area contributed by atoms with Crippen LogP contribution >= 0.6 is 11.6 Å². The van der Waals surface area contributed by atoms with Crippen molar-refractivity contribution in [1.82, 2.24) is 9.97 Å². The predicted molar refractivity (Wildman–Crippen MR) is 52.4 cm³/mol. The van der Waals surface area contributed by atoms with E-state index >= 15 is 0 Å². The van der Waals surface area contributed by atoms with Gasteiger partial charge in [0.25, 0.3) is 0 Å². The third kappa shape index (κ3) is 1.99. The first-order chi connectivity index (χ1) is 7.58. The Balaban J connectivity index is 2.60. The fourth-order valence-electron chi connectivity index (χ4n) is 1.20. The molecule has 2 nitrogen and oxygen atoms in total. The Morgan fingerprint density at radius 3 is 2.25 bits per heavy atom. The van der Waals surface area contributed by atoms with Crippen LogP contribution in [0.15, 0.2) is 24.5 Å². The van der Waals surface area contributed by atoms with E-state index in [0.717, 1.165) is 12.4 Å². The SMILES string of the molecule is Fc1cc(F)c(-c2cc(Cl)ncn2)cc1F. The van der Waals surface area contributed by atoms with Gasteiger partial charge < -0.3 is 0 Å². The monoisotopic (exact) mass is 244 g/mol. The summed E-state index contributed by atoms with van der Waals surface area (Å²) in [5.74, 6) is -3.30. The Labute approximate surface area is 93.7 Å². The standard InChI is InChI=1S/C10H4ClF3N2/c11-10-3-9(15-4-16-10)5-1-7(13)8(14)2-6(5)12/h1-4H. The summed E-state index contributed by atoms with van der Waals surface area (Å²) >= 11 is 5.58. The molecule has 1 aromatic heterocycles. The van der Waals surface area contributed by atoms with Crippen molar-refractivity contribution in [2.24, 2.45) is 0 Å². The minimum atomic E-state index is -1.25. The molecule has 0 saturated heterocycles. The molecule has 16 heavy (non-hydrogen) atoms. The minimum Gasteiger partial charge on any atom is -0.236 e. The molecule has 0 bridgehead atoms. The highest BCUT2D eigenvalue weighted by Gasteiger charge is 2.12. The van der Waals surface area contributed by atoms with Gasteiger partial charge >= 0.3 is 0 Å². The number of hydrogen-bond acceptors (Lipinski definition) is 2. The van der Waals surface area contributed by atoms with Gasteiger partial charge in [-0.3, -0.25) is 0 Å². The lowest BCUT2D eigenvalue weighted by Gasteiger charge is -2.03. The average Bonchev–Trinajstić information content (AvgIpc) is 2.23. The van der Waals surface area contributed by atoms with E-state index in [1.54, 1.807) is 0 Å². The second kappa shape index (κ2) is 4.09. The van der Waals surface area contributed by atoms with E-state index < -0.39 is 17.5 Å². The van der Waals surface area contributed by atoms with Crippen molar-refractivity contribution in [3.8, 4) is 11.3 Å². The van der Waals surface area contributed by atoms with Gasteiger partial charge in [0, 0.05) is 17.7 Å². The molecule has 1 heterocycles. The van der Waals surface area contributed by atoms with Crippen molar-refractivity contribution in [3.05, 3.63) is 47.1 Å². The predicted octanol–water partition coefficient (Wildman–Crippen LogP) is 3.21. The Morgan fingerprint density at radius 1 is 0.875 bits per heavy atom. The molecule has 0 N–H and O–H groups in total. The van der Waals surface area contributed by atoms with Crippen LogP contribution in [0.5, 0.6) is 0 Å². The minimum absolute atomic E-state index is 0.0918. The molecule has 2 rings (SSSR count). The molecule has 2 aromatic rings. The van der Waals surface area contributed by atoms with Crippen LogP contribution in [0.3, 0.4) is 0 Å². The van der Waals surface area contributed by atoms with Crippen LogP contribution in [-0.2, 0) is 0 Å². The van der Waals surface area contributed by atoms with E-state index in [2.05, 4.69) is 9.97 Å². The van der Waals surface area contributed by atoms with Crippen LogP contribution in [0.25, 0.3) is 11.3 Å². The van der Waals surface area contributed by atoms with E-state index in [4.69, 9.17) is 11.6 Å². The van der Waals surface area contributed by atoms with Gasteiger partial charge in [0.15, 0.2) is 11.6 Å². The largest absolute Gasteiger partial charge is 0.236 e. The van der Waals surface area contributed by atoms with Crippen molar-refractivity contribution < 1.29 is 13.2 Å². The fraction of sp³-hybridized carbons (Fsp3) is 0. The first-order valence-electron chi connectivity index (χ1n) is 4.20. The Kier molecular flexibility index (Phi) is 2.78. The van der Waals surface area contributed by atoms with Crippen LogP contribution < -0.4 is 0 Å². The molecule has 0 unspecified atom stereocenters. The molecule has 1 aromatic carbocycles. The van der Waals surface area contributed by atoms with Crippen LogP contribution in [0, 0.1) is 17.5 Å².